The van der Waals surface area contributed by atoms with E-state index >= 15 is 0 Å². The van der Waals surface area contributed by atoms with Crippen molar-refractivity contribution in [2.75, 3.05) is 6.61 Å². The van der Waals surface area contributed by atoms with Crippen molar-refractivity contribution in [3.8, 4) is 6.07 Å². The lowest BCUT2D eigenvalue weighted by Gasteiger charge is -2.27. The maximum absolute atomic E-state index is 11.8. The SMILES string of the molecule is CC(C)[C@@](C)(C#N)NC(=O)COC(=O)c1cccc(I)c1. The first-order valence-corrected chi connectivity index (χ1v) is 7.51. The number of nitrogens with zero attached hydrogens (tertiary/aromatic N) is 1. The molecule has 0 fully saturated rings. The Bertz CT molecular complexity index is 581. The number of carbonyl (C=O) groups excluding carboxylic acids is 2. The van der Waals surface area contributed by atoms with Crippen LogP contribution in [0.4, 0.5) is 0 Å². The summed E-state index contributed by atoms with van der Waals surface area (Å²) in [5, 5.41) is 11.7. The molecule has 0 aliphatic heterocycles. The molecule has 21 heavy (non-hydrogen) atoms. The van der Waals surface area contributed by atoms with Crippen LogP contribution in [0.3, 0.4) is 0 Å². The molecule has 6 heteroatoms. The highest BCUT2D eigenvalue weighted by atomic mass is 127. The van der Waals surface area contributed by atoms with Gasteiger partial charge in [-0.1, -0.05) is 19.9 Å². The van der Waals surface area contributed by atoms with Gasteiger partial charge in [-0.05, 0) is 53.6 Å². The van der Waals surface area contributed by atoms with Gasteiger partial charge in [-0.15, -0.1) is 0 Å². The highest BCUT2D eigenvalue weighted by molar-refractivity contribution is 14.1. The lowest BCUT2D eigenvalue weighted by molar-refractivity contribution is -0.125. The molecule has 112 valence electrons. The number of amides is 1. The summed E-state index contributed by atoms with van der Waals surface area (Å²) >= 11 is 2.09. The first-order chi connectivity index (χ1) is 9.78. The summed E-state index contributed by atoms with van der Waals surface area (Å²) < 4.78 is 5.86. The quantitative estimate of drug-likeness (QED) is 0.609. The van der Waals surface area contributed by atoms with E-state index in [1.807, 2.05) is 19.9 Å². The van der Waals surface area contributed by atoms with E-state index in [-0.39, 0.29) is 5.92 Å². The molecule has 0 heterocycles. The van der Waals surface area contributed by atoms with Gasteiger partial charge >= 0.3 is 5.97 Å². The molecule has 0 radical (unpaired) electrons. The molecule has 0 unspecified atom stereocenters. The van der Waals surface area contributed by atoms with Gasteiger partial charge in [0.05, 0.1) is 11.6 Å². The van der Waals surface area contributed by atoms with Crippen molar-refractivity contribution < 1.29 is 14.3 Å². The molecule has 1 amide bonds. The van der Waals surface area contributed by atoms with Crippen molar-refractivity contribution in [2.45, 2.75) is 26.3 Å². The number of nitriles is 1. The molecule has 0 aromatic heterocycles. The third-order valence-corrected chi connectivity index (χ3v) is 3.85. The second-order valence-electron chi connectivity index (χ2n) is 5.10. The zero-order valence-corrected chi connectivity index (χ0v) is 14.3. The summed E-state index contributed by atoms with van der Waals surface area (Å²) in [4.78, 5) is 23.6. The van der Waals surface area contributed by atoms with Crippen molar-refractivity contribution in [1.82, 2.24) is 5.32 Å². The van der Waals surface area contributed by atoms with Gasteiger partial charge < -0.3 is 10.1 Å². The van der Waals surface area contributed by atoms with E-state index in [0.717, 1.165) is 3.57 Å². The summed E-state index contributed by atoms with van der Waals surface area (Å²) in [6.07, 6.45) is 0. The van der Waals surface area contributed by atoms with Gasteiger partial charge in [0.2, 0.25) is 0 Å². The summed E-state index contributed by atoms with van der Waals surface area (Å²) in [7, 11) is 0. The number of halogens is 1. The van der Waals surface area contributed by atoms with Gasteiger partial charge in [-0.2, -0.15) is 5.26 Å². The van der Waals surface area contributed by atoms with Crippen LogP contribution in [0.1, 0.15) is 31.1 Å². The molecule has 1 rings (SSSR count). The number of hydrogen-bond acceptors (Lipinski definition) is 4. The fourth-order valence-corrected chi connectivity index (χ4v) is 2.00. The third kappa shape index (κ3) is 5.01. The standard InChI is InChI=1S/C15H17IN2O3/c1-10(2)15(3,9-17)18-13(19)8-21-14(20)11-5-4-6-12(16)7-11/h4-7,10H,8H2,1-3H3,(H,18,19)/t15-/m1/s1. The molecule has 1 atom stereocenters. The average Bonchev–Trinajstić information content (AvgIpc) is 2.44. The highest BCUT2D eigenvalue weighted by Gasteiger charge is 2.30. The molecule has 0 spiro atoms. The maximum atomic E-state index is 11.8. The van der Waals surface area contributed by atoms with E-state index in [1.165, 1.54) is 0 Å². The van der Waals surface area contributed by atoms with Crippen LogP contribution < -0.4 is 5.32 Å². The Labute approximate surface area is 137 Å². The molecule has 0 bridgehead atoms. The van der Waals surface area contributed by atoms with Crippen LogP contribution in [0.2, 0.25) is 0 Å². The number of hydrogen-bond donors (Lipinski definition) is 1. The number of nitrogens with one attached hydrogen (secondary N) is 1. The van der Waals surface area contributed by atoms with E-state index < -0.39 is 24.0 Å². The zero-order chi connectivity index (χ0) is 16.0. The van der Waals surface area contributed by atoms with Crippen LogP contribution >= 0.6 is 22.6 Å². The van der Waals surface area contributed by atoms with Gasteiger partial charge in [0.25, 0.3) is 5.91 Å². The molecule has 1 aromatic carbocycles. The molecule has 0 saturated carbocycles. The largest absolute Gasteiger partial charge is 0.452 e. The van der Waals surface area contributed by atoms with Gasteiger partial charge in [0, 0.05) is 3.57 Å². The number of benzene rings is 1. The highest BCUT2D eigenvalue weighted by Crippen LogP contribution is 2.15. The fraction of sp³-hybridized carbons (Fsp3) is 0.400. The van der Waals surface area contributed by atoms with Crippen LogP contribution in [0.15, 0.2) is 24.3 Å². The van der Waals surface area contributed by atoms with Crippen LogP contribution in [0.25, 0.3) is 0 Å². The summed E-state index contributed by atoms with van der Waals surface area (Å²) in [6, 6.07) is 8.95. The van der Waals surface area contributed by atoms with Crippen LogP contribution in [0.5, 0.6) is 0 Å². The second kappa shape index (κ2) is 7.41. The van der Waals surface area contributed by atoms with E-state index in [0.29, 0.717) is 5.56 Å². The minimum atomic E-state index is -0.981. The van der Waals surface area contributed by atoms with E-state index in [4.69, 9.17) is 10.00 Å². The molecule has 5 nitrogen and oxygen atoms in total. The zero-order valence-electron chi connectivity index (χ0n) is 12.1. The third-order valence-electron chi connectivity index (χ3n) is 3.18. The molecule has 0 aliphatic rings. The Morgan fingerprint density at radius 1 is 1.48 bits per heavy atom. The fourth-order valence-electron chi connectivity index (χ4n) is 1.46. The monoisotopic (exact) mass is 400 g/mol. The molecular formula is C15H17IN2O3. The Balaban J connectivity index is 2.58. The maximum Gasteiger partial charge on any atom is 0.338 e. The lowest BCUT2D eigenvalue weighted by Crippen LogP contribution is -2.50. The number of carbonyl (C=O) groups is 2. The van der Waals surface area contributed by atoms with E-state index in [9.17, 15) is 9.59 Å². The van der Waals surface area contributed by atoms with Gasteiger partial charge in [-0.3, -0.25) is 4.79 Å². The predicted molar refractivity (Wildman–Crippen MR) is 86.4 cm³/mol. The lowest BCUT2D eigenvalue weighted by atomic mass is 9.90. The normalized spacial score (nSPS) is 13.1. The second-order valence-corrected chi connectivity index (χ2v) is 6.35. The predicted octanol–water partition coefficient (Wildman–Crippen LogP) is 2.50. The Morgan fingerprint density at radius 3 is 2.67 bits per heavy atom. The number of ether oxygens (including phenoxy) is 1. The smallest absolute Gasteiger partial charge is 0.338 e. The molecule has 1 aromatic rings. The van der Waals surface area contributed by atoms with Gasteiger partial charge in [0.15, 0.2) is 6.61 Å². The van der Waals surface area contributed by atoms with Crippen LogP contribution in [-0.4, -0.2) is 24.0 Å². The van der Waals surface area contributed by atoms with E-state index in [1.54, 1.807) is 25.1 Å². The minimum absolute atomic E-state index is 0.0575. The topological polar surface area (TPSA) is 79.2 Å². The van der Waals surface area contributed by atoms with E-state index in [2.05, 4.69) is 34.0 Å². The first-order valence-electron chi connectivity index (χ1n) is 6.43. The number of esters is 1. The average molecular weight is 400 g/mol. The molecule has 0 saturated heterocycles. The number of rotatable bonds is 5. The van der Waals surface area contributed by atoms with Crippen LogP contribution in [0, 0.1) is 20.8 Å². The van der Waals surface area contributed by atoms with Crippen LogP contribution in [-0.2, 0) is 9.53 Å². The van der Waals surface area contributed by atoms with Crippen molar-refractivity contribution in [3.63, 3.8) is 0 Å². The summed E-state index contributed by atoms with van der Waals surface area (Å²) in [5.41, 5.74) is -0.590. The molecule has 0 aliphatic carbocycles. The van der Waals surface area contributed by atoms with Crippen molar-refractivity contribution in [1.29, 1.82) is 5.26 Å². The molecule has 1 N–H and O–H groups in total. The van der Waals surface area contributed by atoms with Crippen molar-refractivity contribution in [3.05, 3.63) is 33.4 Å². The van der Waals surface area contributed by atoms with Gasteiger partial charge in [-0.25, -0.2) is 4.79 Å². The van der Waals surface area contributed by atoms with Crippen molar-refractivity contribution in [2.24, 2.45) is 5.92 Å². The van der Waals surface area contributed by atoms with Crippen molar-refractivity contribution >= 4 is 34.5 Å². The minimum Gasteiger partial charge on any atom is -0.452 e. The van der Waals surface area contributed by atoms with Gasteiger partial charge in [0.1, 0.15) is 5.54 Å². The first kappa shape index (κ1) is 17.4. The Morgan fingerprint density at radius 2 is 2.14 bits per heavy atom. The molecular weight excluding hydrogens is 383 g/mol. The summed E-state index contributed by atoms with van der Waals surface area (Å²) in [6.45, 7) is 4.90. The Kier molecular flexibility index (Phi) is 6.15. The Hall–Kier alpha value is -1.62. The summed E-state index contributed by atoms with van der Waals surface area (Å²) in [5.74, 6) is -1.11.